The molecule has 0 fully saturated rings. The smallest absolute Gasteiger partial charge is 0.407 e. The zero-order chi connectivity index (χ0) is 80.2. The van der Waals surface area contributed by atoms with Crippen LogP contribution in [-0.4, -0.2) is 194 Å². The van der Waals surface area contributed by atoms with Gasteiger partial charge in [0, 0.05) is 88.9 Å². The number of methoxy groups -OCH3 is 4. The summed E-state index contributed by atoms with van der Waals surface area (Å²) < 4.78 is 69.5. The molecule has 0 aromatic carbocycles. The van der Waals surface area contributed by atoms with Crippen molar-refractivity contribution in [1.82, 2.24) is 61.5 Å². The largest absolute Gasteiger partial charge is 0.496 e. The number of aromatic nitrogens is 7. The number of hydrogen-bond acceptors (Lipinski definition) is 28. The minimum atomic E-state index is -0.572. The number of nitriles is 1. The second kappa shape index (κ2) is 44.7. The number of halogens is 4. The zero-order valence-corrected chi connectivity index (χ0v) is 66.3. The number of hydrogen-bond donors (Lipinski definition) is 6. The summed E-state index contributed by atoms with van der Waals surface area (Å²) in [5.41, 5.74) is 5.40. The van der Waals surface area contributed by atoms with Crippen LogP contribution < -0.4 is 64.9 Å². The van der Waals surface area contributed by atoms with Crippen molar-refractivity contribution in [3.05, 3.63) is 86.6 Å². The number of anilines is 1. The van der Waals surface area contributed by atoms with E-state index in [4.69, 9.17) is 119 Å². The molecule has 0 unspecified atom stereocenters. The summed E-state index contributed by atoms with van der Waals surface area (Å²) >= 11 is 24.0. The Morgan fingerprint density at radius 3 is 1.21 bits per heavy atom. The molecule has 4 amide bonds. The van der Waals surface area contributed by atoms with Gasteiger partial charge < -0.3 is 93.3 Å². The number of H-pyrrole nitrogens is 1. The van der Waals surface area contributed by atoms with Gasteiger partial charge in [0.2, 0.25) is 23.5 Å². The fraction of sp³-hybridized carbons (Fsp3) is 0.500. The molecule has 6 aromatic heterocycles. The summed E-state index contributed by atoms with van der Waals surface area (Å²) in [6.07, 6.45) is 4.24. The molecule has 0 bridgehead atoms. The number of aromatic amines is 1. The molecule has 0 aliphatic heterocycles. The van der Waals surface area contributed by atoms with Crippen molar-refractivity contribution in [1.29, 1.82) is 5.26 Å². The van der Waals surface area contributed by atoms with E-state index in [2.05, 4.69) is 56.6 Å². The molecule has 33 nitrogen and oxygen atoms in total. The Morgan fingerprint density at radius 1 is 0.533 bits per heavy atom. The number of ketones is 2. The molecule has 107 heavy (non-hydrogen) atoms. The van der Waals surface area contributed by atoms with E-state index in [0.29, 0.717) is 105 Å². The van der Waals surface area contributed by atoms with Gasteiger partial charge in [-0.05, 0) is 109 Å². The van der Waals surface area contributed by atoms with Crippen LogP contribution in [0.5, 0.6) is 46.5 Å². The van der Waals surface area contributed by atoms with Crippen LogP contribution >= 0.6 is 46.4 Å². The molecular formula is C70H96Cl4N14O19. The summed E-state index contributed by atoms with van der Waals surface area (Å²) in [6, 6.07) is 11.1. The maximum atomic E-state index is 12.5. The summed E-state index contributed by atoms with van der Waals surface area (Å²) in [7, 11) is 9.45. The minimum Gasteiger partial charge on any atom is -0.496 e. The molecule has 37 heteroatoms. The van der Waals surface area contributed by atoms with Crippen LogP contribution in [0.1, 0.15) is 136 Å². The molecule has 588 valence electrons. The maximum Gasteiger partial charge on any atom is 0.407 e. The Morgan fingerprint density at radius 2 is 0.879 bits per heavy atom. The van der Waals surface area contributed by atoms with Crippen molar-refractivity contribution in [2.24, 2.45) is 0 Å². The van der Waals surface area contributed by atoms with E-state index < -0.39 is 52.6 Å². The van der Waals surface area contributed by atoms with Gasteiger partial charge in [0.15, 0.2) is 17.3 Å². The van der Waals surface area contributed by atoms with Crippen molar-refractivity contribution < 1.29 is 90.1 Å². The lowest BCUT2D eigenvalue weighted by atomic mass is 10.1. The number of pyridine rings is 4. The van der Waals surface area contributed by atoms with E-state index in [9.17, 15) is 28.8 Å². The molecule has 6 rings (SSSR count). The lowest BCUT2D eigenvalue weighted by Crippen LogP contribution is -2.33. The lowest BCUT2D eigenvalue weighted by Gasteiger charge is -2.19. The van der Waals surface area contributed by atoms with Gasteiger partial charge in [0.1, 0.15) is 94.1 Å². The Kier molecular flexibility index (Phi) is 38.0. The molecule has 0 saturated heterocycles. The van der Waals surface area contributed by atoms with Crippen LogP contribution in [0.2, 0.25) is 20.6 Å². The predicted molar refractivity (Wildman–Crippen MR) is 400 cm³/mol. The van der Waals surface area contributed by atoms with E-state index in [0.717, 1.165) is 0 Å². The van der Waals surface area contributed by atoms with Gasteiger partial charge in [-0.1, -0.05) is 51.6 Å². The predicted octanol–water partition coefficient (Wildman–Crippen LogP) is 13.1. The first-order valence-corrected chi connectivity index (χ1v) is 34.6. The number of amides is 4. The third-order valence-electron chi connectivity index (χ3n) is 12.3. The lowest BCUT2D eigenvalue weighted by molar-refractivity contribution is 0.0513. The van der Waals surface area contributed by atoms with Crippen molar-refractivity contribution in [3.63, 3.8) is 0 Å². The first kappa shape index (κ1) is 91.0. The first-order chi connectivity index (χ1) is 50.2. The summed E-state index contributed by atoms with van der Waals surface area (Å²) in [6.45, 7) is 23.9. The molecule has 6 aromatic rings. The molecule has 0 saturated carbocycles. The molecule has 0 atom stereocenters. The molecule has 0 radical (unpaired) electrons. The van der Waals surface area contributed by atoms with Gasteiger partial charge >= 0.3 is 24.4 Å². The highest BCUT2D eigenvalue weighted by Crippen LogP contribution is 2.41. The molecular weight excluding hydrogens is 1480 g/mol. The van der Waals surface area contributed by atoms with Gasteiger partial charge in [-0.15, -0.1) is 0 Å². The van der Waals surface area contributed by atoms with Crippen LogP contribution in [0.25, 0.3) is 22.6 Å². The Balaban J connectivity index is 0.000000370. The van der Waals surface area contributed by atoms with Gasteiger partial charge in [-0.25, -0.2) is 39.1 Å². The first-order valence-electron chi connectivity index (χ1n) is 33.1. The normalized spacial score (nSPS) is 11.0. The number of carbonyl (C=O) groups excluding carboxylic acids is 6. The number of nitrogen functional groups attached to an aromatic ring is 1. The average Bonchev–Trinajstić information content (AvgIpc) is 1.81. The number of Topliss-reactive ketones (excluding diaryl/α,β-unsaturated/α-hetero) is 1. The second-order valence-electron chi connectivity index (χ2n) is 26.3. The Hall–Kier alpha value is -10.2. The third kappa shape index (κ3) is 35.7. The number of nitrogens with one attached hydrogen (secondary N) is 5. The van der Waals surface area contributed by atoms with E-state index in [1.165, 1.54) is 52.8 Å². The highest BCUT2D eigenvalue weighted by Gasteiger charge is 2.26. The van der Waals surface area contributed by atoms with E-state index in [1.54, 1.807) is 139 Å². The monoisotopic (exact) mass is 1580 g/mol. The van der Waals surface area contributed by atoms with Crippen LogP contribution in [-0.2, 0) is 18.9 Å². The van der Waals surface area contributed by atoms with Crippen LogP contribution in [0.15, 0.2) is 59.4 Å². The van der Waals surface area contributed by atoms with Gasteiger partial charge in [0.25, 0.3) is 0 Å². The van der Waals surface area contributed by atoms with E-state index >= 15 is 0 Å². The summed E-state index contributed by atoms with van der Waals surface area (Å²) in [5.74, 6) is 1.99. The highest BCUT2D eigenvalue weighted by molar-refractivity contribution is 6.30. The number of nitrogens with zero attached hydrogens (tertiary/aromatic N) is 8. The van der Waals surface area contributed by atoms with Gasteiger partial charge in [-0.3, -0.25) is 14.7 Å². The van der Waals surface area contributed by atoms with E-state index in [-0.39, 0.29) is 92.2 Å². The number of ether oxygens (including phenoxy) is 12. The number of rotatable bonds is 31. The van der Waals surface area contributed by atoms with Crippen molar-refractivity contribution in [2.75, 3.05) is 101 Å². The van der Waals surface area contributed by atoms with Crippen molar-refractivity contribution in [3.8, 4) is 75.2 Å². The Bertz CT molecular complexity index is 3920. The number of allylic oxidation sites excluding steroid dienone is 1. The Labute approximate surface area is 642 Å². The number of nitrogens with two attached hydrogens (primary N) is 1. The zero-order valence-electron chi connectivity index (χ0n) is 63.3. The molecule has 7 N–H and O–H groups in total. The average molecular weight is 1580 g/mol. The number of alkyl carbamates (subject to hydrolysis) is 4. The van der Waals surface area contributed by atoms with Gasteiger partial charge in [0.05, 0.1) is 79.2 Å². The minimum absolute atomic E-state index is 0.00753. The quantitative estimate of drug-likeness (QED) is 0.00774. The maximum absolute atomic E-state index is 12.5. The topological polar surface area (TPSA) is 421 Å². The molecule has 6 heterocycles. The molecule has 0 spiro atoms. The van der Waals surface area contributed by atoms with E-state index in [1.807, 2.05) is 0 Å². The molecule has 0 aliphatic rings. The van der Waals surface area contributed by atoms with Crippen LogP contribution in [0.3, 0.4) is 0 Å². The number of carbonyl (C=O) groups is 6. The van der Waals surface area contributed by atoms with Gasteiger partial charge in [-0.2, -0.15) is 10.4 Å². The second-order valence-corrected chi connectivity index (χ2v) is 27.9. The molecule has 0 aliphatic carbocycles. The highest BCUT2D eigenvalue weighted by atomic mass is 35.5. The van der Waals surface area contributed by atoms with Crippen molar-refractivity contribution in [2.45, 2.75) is 138 Å². The summed E-state index contributed by atoms with van der Waals surface area (Å²) in [4.78, 5) is 89.2. The third-order valence-corrected chi connectivity index (χ3v) is 13.1. The van der Waals surface area contributed by atoms with Crippen LogP contribution in [0.4, 0.5) is 25.0 Å². The fourth-order valence-electron chi connectivity index (χ4n) is 8.16. The SMILES string of the molecule is COc1cc(Cl)nc(OCCCNC(=O)OC(C)(C)C)c1-c1cc(N)n[nH]1.COc1cc(Cl)nc(OCCCNC(=O)OC(C)(C)C)c1-c1ccno1.COc1cc(Cl)nc(OCCCNC(=O)OC(C)(C)C)c1C(=O)/C=C/N(C)C.COc1cc(Cl)nc(OCCCNC(=O)OC(C)(C)C)c1C(=O)CC#N. The van der Waals surface area contributed by atoms with Crippen molar-refractivity contribution >= 4 is 88.2 Å². The van der Waals surface area contributed by atoms with Crippen LogP contribution in [0, 0.1) is 11.3 Å². The summed E-state index contributed by atoms with van der Waals surface area (Å²) in [5, 5.41) is 30.4. The fourth-order valence-corrected chi connectivity index (χ4v) is 8.86. The standard InChI is InChI=1S/C19H28ClN3O5.C17H24ClN5O4.2C17H22ClN3O5/c1-19(2,3)28-18(25)21-9-7-11-27-17-16(13(24)8-10-23(4)5)14(26-6)12-15(20)22-17;1-17(2,3)27-16(24)20-6-5-7-26-15-14(10-8-13(19)23-22-10)11(25-4)9-12(18)21-15;1-17(2,3)25-16(22)19-7-5-9-24-15-14(11-6-8-20-26-11)12(23-4)10-13(18)21-15;1-17(2,3)26-16(23)20-8-5-9-25-15-14(11(22)6-7-19)12(24-4)10-13(18)21-15/h8,10,12H,7,9,11H2,1-6H3,(H,21,25);8-9H,5-7H2,1-4H3,(H,20,24)(H3,19,22,23);6,8,10H,5,7,9H2,1-4H3,(H,19,22);10H,5-6,8-9H2,1-4H3,(H,20,23)/b10-8+;;;.